The summed E-state index contributed by atoms with van der Waals surface area (Å²) in [4.78, 5) is 18.5. The van der Waals surface area contributed by atoms with Crippen LogP contribution in [0.1, 0.15) is 26.7 Å². The van der Waals surface area contributed by atoms with E-state index >= 15 is 0 Å². The van der Waals surface area contributed by atoms with Gasteiger partial charge in [-0.2, -0.15) is 0 Å². The number of rotatable bonds is 2. The van der Waals surface area contributed by atoms with Crippen molar-refractivity contribution in [3.05, 3.63) is 24.6 Å². The van der Waals surface area contributed by atoms with Gasteiger partial charge in [0.2, 0.25) is 0 Å². The molecule has 8 nitrogen and oxygen atoms in total. The average Bonchev–Trinajstić information content (AvgIpc) is 1.89. The molecule has 0 atom stereocenters. The van der Waals surface area contributed by atoms with Crippen LogP contribution in [0.25, 0.3) is 24.6 Å². The molecule has 0 saturated carbocycles. The minimum absolute atomic E-state index is 0. The maximum atomic E-state index is 9.26. The van der Waals surface area contributed by atoms with Crippen molar-refractivity contribution < 1.29 is 36.6 Å². The molecule has 0 aromatic heterocycles. The average molecular weight is 269 g/mol. The fourth-order valence-corrected chi connectivity index (χ4v) is 0. The second-order valence-corrected chi connectivity index (χ2v) is 1.45. The third-order valence-electron chi connectivity index (χ3n) is 0.577. The third-order valence-corrected chi connectivity index (χ3v) is 0.577. The molecule has 0 unspecified atom stereocenters. The first-order valence-corrected chi connectivity index (χ1v) is 2.94. The molecule has 0 aliphatic heterocycles. The molecule has 0 heterocycles. The molecular weight excluding hydrogens is 251 g/mol. The van der Waals surface area contributed by atoms with E-state index in [0.717, 1.165) is 0 Å². The summed E-state index contributed by atoms with van der Waals surface area (Å²) >= 11 is 0. The summed E-state index contributed by atoms with van der Waals surface area (Å²) in [7, 11) is 0. The maximum Gasteiger partial charge on any atom is 3.00 e. The van der Waals surface area contributed by atoms with E-state index in [2.05, 4.69) is 0 Å². The third kappa shape index (κ3) is 157. The van der Waals surface area contributed by atoms with Gasteiger partial charge in [-0.3, -0.25) is 0 Å². The second-order valence-electron chi connectivity index (χ2n) is 1.45. The van der Waals surface area contributed by atoms with Crippen molar-refractivity contribution in [1.82, 2.24) is 0 Å². The minimum atomic E-state index is -0.995. The van der Waals surface area contributed by atoms with E-state index in [0.29, 0.717) is 0 Å². The van der Waals surface area contributed by atoms with E-state index in [-0.39, 0.29) is 54.2 Å². The summed E-state index contributed by atoms with van der Waals surface area (Å²) in [6.45, 7) is 3.07. The van der Waals surface area contributed by atoms with E-state index in [1.807, 2.05) is 0 Å². The van der Waals surface area contributed by atoms with Crippen molar-refractivity contribution in [1.29, 1.82) is 0 Å². The standard InChI is InChI=1S/2C3H6O2.Co.4H2N/c2*1-2-3(4)5;;;;;/h2*2H2,1H3,(H,4,5);;4*1H2/q;;+3;4*-1/p-2. The van der Waals surface area contributed by atoms with Gasteiger partial charge in [0.25, 0.3) is 0 Å². The summed E-state index contributed by atoms with van der Waals surface area (Å²) in [5.74, 6) is -1.99. The summed E-state index contributed by atoms with van der Waals surface area (Å²) in [5, 5.41) is 18.5. The number of carboxylic acid groups (broad SMARTS) is 2. The van der Waals surface area contributed by atoms with E-state index in [4.69, 9.17) is 0 Å². The van der Waals surface area contributed by atoms with Crippen LogP contribution in [0, 0.1) is 0 Å². The van der Waals surface area contributed by atoms with Crippen molar-refractivity contribution in [3.8, 4) is 0 Å². The number of hydrogen-bond donors (Lipinski definition) is 0. The van der Waals surface area contributed by atoms with Crippen molar-refractivity contribution >= 4 is 11.9 Å². The molecule has 0 fully saturated rings. The van der Waals surface area contributed by atoms with Crippen LogP contribution in [-0.4, -0.2) is 11.9 Å². The van der Waals surface area contributed by atoms with Gasteiger partial charge >= 0.3 is 16.8 Å². The van der Waals surface area contributed by atoms with Gasteiger partial charge in [-0.1, -0.05) is 13.8 Å². The Balaban J connectivity index is -0.0000000128. The Morgan fingerprint density at radius 3 is 0.867 bits per heavy atom. The Labute approximate surface area is 100 Å². The van der Waals surface area contributed by atoms with Crippen LogP contribution in [0.4, 0.5) is 0 Å². The fourth-order valence-electron chi connectivity index (χ4n) is 0. The van der Waals surface area contributed by atoms with E-state index in [9.17, 15) is 19.8 Å². The van der Waals surface area contributed by atoms with E-state index in [1.54, 1.807) is 0 Å². The predicted octanol–water partition coefficient (Wildman–Crippen LogP) is 1.16. The summed E-state index contributed by atoms with van der Waals surface area (Å²) in [6, 6.07) is 0. The number of aliphatic carboxylic acids is 2. The zero-order valence-corrected chi connectivity index (χ0v) is 9.73. The van der Waals surface area contributed by atoms with Crippen molar-refractivity contribution in [3.63, 3.8) is 0 Å². The van der Waals surface area contributed by atoms with E-state index < -0.39 is 11.9 Å². The quantitative estimate of drug-likeness (QED) is 0.719. The van der Waals surface area contributed by atoms with Gasteiger partial charge < -0.3 is 44.4 Å². The van der Waals surface area contributed by atoms with Gasteiger partial charge in [0, 0.05) is 11.9 Å². The molecule has 0 aliphatic carbocycles. The molecular formula is C6H18CoN4O4-3. The van der Waals surface area contributed by atoms with Gasteiger partial charge in [0.05, 0.1) is 0 Å². The van der Waals surface area contributed by atoms with Crippen molar-refractivity contribution in [2.75, 3.05) is 0 Å². The van der Waals surface area contributed by atoms with Crippen LogP contribution in [-0.2, 0) is 26.4 Å². The van der Waals surface area contributed by atoms with Gasteiger partial charge in [0.1, 0.15) is 0 Å². The van der Waals surface area contributed by atoms with Gasteiger partial charge in [-0.25, -0.2) is 0 Å². The van der Waals surface area contributed by atoms with Crippen LogP contribution < -0.4 is 10.2 Å². The zero-order chi connectivity index (χ0) is 8.57. The number of carbonyl (C=O) groups is 2. The maximum absolute atomic E-state index is 9.26. The minimum Gasteiger partial charge on any atom is -0.693 e. The Kier molecular flexibility index (Phi) is 120. The van der Waals surface area contributed by atoms with E-state index in [1.165, 1.54) is 13.8 Å². The molecule has 0 saturated heterocycles. The van der Waals surface area contributed by atoms with Crippen molar-refractivity contribution in [2.45, 2.75) is 26.7 Å². The first-order chi connectivity index (χ1) is 4.54. The van der Waals surface area contributed by atoms with Crippen LogP contribution in [0.2, 0.25) is 0 Å². The van der Waals surface area contributed by atoms with Gasteiger partial charge in [0.15, 0.2) is 0 Å². The number of nitrogens with two attached hydrogens (primary N) is 4. The molecule has 0 rings (SSSR count). The molecule has 0 spiro atoms. The Morgan fingerprint density at radius 2 is 0.867 bits per heavy atom. The SMILES string of the molecule is CCC(=O)[O-].CCC(=O)[O-].[Co+3].[NH2-].[NH2-].[NH2-].[NH2-]. The Hall–Kier alpha value is -0.714. The molecule has 98 valence electrons. The Bertz CT molecular complexity index is 112. The number of carboxylic acids is 2. The molecule has 15 heavy (non-hydrogen) atoms. The molecule has 8 N–H and O–H groups in total. The van der Waals surface area contributed by atoms with Crippen LogP contribution in [0.3, 0.4) is 0 Å². The predicted molar refractivity (Wildman–Crippen MR) is 51.7 cm³/mol. The summed E-state index contributed by atoms with van der Waals surface area (Å²) < 4.78 is 0. The van der Waals surface area contributed by atoms with Crippen LogP contribution in [0.15, 0.2) is 0 Å². The summed E-state index contributed by atoms with van der Waals surface area (Å²) in [5.41, 5.74) is 0. The second kappa shape index (κ2) is 37.8. The molecule has 0 aromatic rings. The molecule has 9 heteroatoms. The largest absolute Gasteiger partial charge is 3.00 e. The number of hydrogen-bond acceptors (Lipinski definition) is 4. The number of carbonyl (C=O) groups excluding carboxylic acids is 2. The first kappa shape index (κ1) is 47.5. The fraction of sp³-hybridized carbons (Fsp3) is 0.667. The van der Waals surface area contributed by atoms with Crippen molar-refractivity contribution in [2.24, 2.45) is 0 Å². The Morgan fingerprint density at radius 1 is 0.800 bits per heavy atom. The molecule has 0 radical (unpaired) electrons. The topological polar surface area (TPSA) is 214 Å². The molecule has 0 bridgehead atoms. The monoisotopic (exact) mass is 269 g/mol. The zero-order valence-electron chi connectivity index (χ0n) is 8.69. The van der Waals surface area contributed by atoms with Crippen LogP contribution >= 0.6 is 0 Å². The van der Waals surface area contributed by atoms with Gasteiger partial charge in [-0.05, 0) is 12.8 Å². The normalized spacial score (nSPS) is 4.93. The summed E-state index contributed by atoms with van der Waals surface area (Å²) in [6.07, 6.45) is 0.222. The molecule has 0 aliphatic rings. The molecule has 0 amide bonds. The first-order valence-electron chi connectivity index (χ1n) is 2.94. The van der Waals surface area contributed by atoms with Gasteiger partial charge in [-0.15, -0.1) is 0 Å². The smallest absolute Gasteiger partial charge is 0.693 e. The van der Waals surface area contributed by atoms with Crippen LogP contribution in [0.5, 0.6) is 0 Å². The molecule has 0 aromatic carbocycles.